The number of carboxylic acids is 1. The molecule has 0 aliphatic rings. The van der Waals surface area contributed by atoms with E-state index in [0.29, 0.717) is 5.52 Å². The predicted octanol–water partition coefficient (Wildman–Crippen LogP) is 1.14. The molecule has 8 nitrogen and oxygen atoms in total. The maximum Gasteiger partial charge on any atom is 0.303 e. The molecule has 0 atom stereocenters. The van der Waals surface area contributed by atoms with E-state index in [1.807, 2.05) is 0 Å². The van der Waals surface area contributed by atoms with Crippen molar-refractivity contribution < 1.29 is 22.9 Å². The van der Waals surface area contributed by atoms with Crippen molar-refractivity contribution >= 4 is 27.0 Å². The van der Waals surface area contributed by atoms with Crippen molar-refractivity contribution in [3.8, 4) is 0 Å². The smallest absolute Gasteiger partial charge is 0.303 e. The van der Waals surface area contributed by atoms with Crippen LogP contribution in [0, 0.1) is 0 Å². The zero-order chi connectivity index (χ0) is 15.7. The molecule has 0 bridgehead atoms. The van der Waals surface area contributed by atoms with Crippen LogP contribution in [0.25, 0.3) is 11.0 Å². The van der Waals surface area contributed by atoms with Crippen molar-refractivity contribution in [3.05, 3.63) is 18.2 Å². The Morgan fingerprint density at radius 2 is 2.10 bits per heavy atom. The summed E-state index contributed by atoms with van der Waals surface area (Å²) in [5.41, 5.74) is -0.434. The summed E-state index contributed by atoms with van der Waals surface area (Å²) < 4.78 is 31.9. The lowest BCUT2D eigenvalue weighted by atomic mass is 10.0. The molecule has 0 saturated heterocycles. The Morgan fingerprint density at radius 3 is 2.76 bits per heavy atom. The van der Waals surface area contributed by atoms with Gasteiger partial charge in [-0.05, 0) is 42.7 Å². The maximum atomic E-state index is 12.4. The Bertz CT molecular complexity index is 766. The van der Waals surface area contributed by atoms with Crippen LogP contribution < -0.4 is 4.72 Å². The average molecular weight is 313 g/mol. The minimum Gasteiger partial charge on any atom is -0.481 e. The second-order valence-corrected chi connectivity index (χ2v) is 6.92. The Hall–Kier alpha value is -2.00. The number of hydrogen-bond acceptors (Lipinski definition) is 6. The van der Waals surface area contributed by atoms with Crippen LogP contribution >= 0.6 is 0 Å². The van der Waals surface area contributed by atoms with Crippen LogP contribution in [-0.4, -0.2) is 35.3 Å². The molecule has 2 N–H and O–H groups in total. The van der Waals surface area contributed by atoms with Crippen LogP contribution in [0.1, 0.15) is 26.7 Å². The Morgan fingerprint density at radius 1 is 1.38 bits per heavy atom. The van der Waals surface area contributed by atoms with Gasteiger partial charge >= 0.3 is 5.97 Å². The normalized spacial score (nSPS) is 12.7. The first-order chi connectivity index (χ1) is 9.71. The Kier molecular flexibility index (Phi) is 3.97. The SMILES string of the molecule is CC(C)(CCC(=O)O)NS(=O)(=O)c1cccc2nonc12. The summed E-state index contributed by atoms with van der Waals surface area (Å²) in [5.74, 6) is -0.981. The molecule has 1 aromatic heterocycles. The van der Waals surface area contributed by atoms with Crippen LogP contribution in [0.4, 0.5) is 0 Å². The van der Waals surface area contributed by atoms with Crippen molar-refractivity contribution in [1.29, 1.82) is 0 Å². The summed E-state index contributed by atoms with van der Waals surface area (Å²) in [6.45, 7) is 3.24. The Balaban J connectivity index is 2.30. The number of fused-ring (bicyclic) bond motifs is 1. The van der Waals surface area contributed by atoms with Crippen LogP contribution in [0.3, 0.4) is 0 Å². The number of carbonyl (C=O) groups is 1. The van der Waals surface area contributed by atoms with E-state index in [0.717, 1.165) is 0 Å². The first-order valence-corrected chi connectivity index (χ1v) is 7.67. The van der Waals surface area contributed by atoms with Gasteiger partial charge in [0.05, 0.1) is 0 Å². The fourth-order valence-corrected chi connectivity index (χ4v) is 3.48. The summed E-state index contributed by atoms with van der Waals surface area (Å²) in [6.07, 6.45) is 0.0276. The zero-order valence-corrected chi connectivity index (χ0v) is 12.3. The van der Waals surface area contributed by atoms with E-state index in [1.165, 1.54) is 12.1 Å². The van der Waals surface area contributed by atoms with Crippen molar-refractivity contribution in [2.24, 2.45) is 0 Å². The molecule has 0 amide bonds. The lowest BCUT2D eigenvalue weighted by molar-refractivity contribution is -0.137. The maximum absolute atomic E-state index is 12.4. The van der Waals surface area contributed by atoms with Gasteiger partial charge in [0.15, 0.2) is 5.52 Å². The molecule has 0 unspecified atom stereocenters. The molecule has 1 aromatic carbocycles. The van der Waals surface area contributed by atoms with Crippen LogP contribution in [0.5, 0.6) is 0 Å². The highest BCUT2D eigenvalue weighted by molar-refractivity contribution is 7.89. The van der Waals surface area contributed by atoms with Gasteiger partial charge in [-0.15, -0.1) is 0 Å². The number of hydrogen-bond donors (Lipinski definition) is 2. The van der Waals surface area contributed by atoms with E-state index in [2.05, 4.69) is 19.7 Å². The van der Waals surface area contributed by atoms with Gasteiger partial charge in [-0.25, -0.2) is 17.8 Å². The van der Waals surface area contributed by atoms with Gasteiger partial charge in [0.25, 0.3) is 0 Å². The number of aliphatic carboxylic acids is 1. The van der Waals surface area contributed by atoms with Gasteiger partial charge in [-0.3, -0.25) is 4.79 Å². The van der Waals surface area contributed by atoms with E-state index in [-0.39, 0.29) is 23.3 Å². The number of nitrogens with zero attached hydrogens (tertiary/aromatic N) is 2. The molecule has 0 saturated carbocycles. The lowest BCUT2D eigenvalue weighted by Gasteiger charge is -2.25. The lowest BCUT2D eigenvalue weighted by Crippen LogP contribution is -2.43. The molecule has 0 aliphatic carbocycles. The fourth-order valence-electron chi connectivity index (χ4n) is 1.89. The zero-order valence-electron chi connectivity index (χ0n) is 11.5. The number of benzene rings is 1. The molecule has 21 heavy (non-hydrogen) atoms. The molecule has 0 radical (unpaired) electrons. The number of aromatic nitrogens is 2. The molecule has 0 spiro atoms. The van der Waals surface area contributed by atoms with Crippen molar-refractivity contribution in [1.82, 2.24) is 15.0 Å². The molecule has 1 heterocycles. The highest BCUT2D eigenvalue weighted by Gasteiger charge is 2.29. The topological polar surface area (TPSA) is 122 Å². The summed E-state index contributed by atoms with van der Waals surface area (Å²) in [6, 6.07) is 4.51. The molecule has 9 heteroatoms. The van der Waals surface area contributed by atoms with Crippen molar-refractivity contribution in [3.63, 3.8) is 0 Å². The van der Waals surface area contributed by atoms with Gasteiger partial charge < -0.3 is 5.11 Å². The van der Waals surface area contributed by atoms with Gasteiger partial charge in [-0.1, -0.05) is 6.07 Å². The average Bonchev–Trinajstić information content (AvgIpc) is 2.83. The van der Waals surface area contributed by atoms with Crippen molar-refractivity contribution in [2.75, 3.05) is 0 Å². The van der Waals surface area contributed by atoms with Crippen molar-refractivity contribution in [2.45, 2.75) is 37.1 Å². The molecule has 2 rings (SSSR count). The van der Waals surface area contributed by atoms with Gasteiger partial charge in [0.2, 0.25) is 10.0 Å². The van der Waals surface area contributed by atoms with E-state index >= 15 is 0 Å². The van der Waals surface area contributed by atoms with E-state index in [1.54, 1.807) is 19.9 Å². The van der Waals surface area contributed by atoms with Crippen LogP contribution in [0.15, 0.2) is 27.7 Å². The third kappa shape index (κ3) is 3.56. The van der Waals surface area contributed by atoms with Gasteiger partial charge in [-0.2, -0.15) is 0 Å². The van der Waals surface area contributed by atoms with Gasteiger partial charge in [0.1, 0.15) is 10.4 Å². The van der Waals surface area contributed by atoms with E-state index in [9.17, 15) is 13.2 Å². The molecule has 114 valence electrons. The number of rotatable bonds is 6. The van der Waals surface area contributed by atoms with E-state index in [4.69, 9.17) is 5.11 Å². The monoisotopic (exact) mass is 313 g/mol. The molecule has 0 aliphatic heterocycles. The number of nitrogens with one attached hydrogen (secondary N) is 1. The second kappa shape index (κ2) is 5.41. The summed E-state index contributed by atoms with van der Waals surface area (Å²) in [7, 11) is -3.87. The Labute approximate surface area is 121 Å². The molecular weight excluding hydrogens is 298 g/mol. The second-order valence-electron chi connectivity index (χ2n) is 5.27. The predicted molar refractivity (Wildman–Crippen MR) is 73.1 cm³/mol. The minimum absolute atomic E-state index is 0.0512. The number of sulfonamides is 1. The molecule has 2 aromatic rings. The highest BCUT2D eigenvalue weighted by Crippen LogP contribution is 2.22. The third-order valence-corrected chi connectivity index (χ3v) is 4.64. The fraction of sp³-hybridized carbons (Fsp3) is 0.417. The minimum atomic E-state index is -3.87. The third-order valence-electron chi connectivity index (χ3n) is 2.91. The molecule has 0 fully saturated rings. The summed E-state index contributed by atoms with van der Waals surface area (Å²) >= 11 is 0. The van der Waals surface area contributed by atoms with Gasteiger partial charge in [0, 0.05) is 12.0 Å². The first-order valence-electron chi connectivity index (χ1n) is 6.18. The first kappa shape index (κ1) is 15.4. The number of carboxylic acid groups (broad SMARTS) is 1. The van der Waals surface area contributed by atoms with E-state index < -0.39 is 21.5 Å². The van der Waals surface area contributed by atoms with Crippen LogP contribution in [0.2, 0.25) is 0 Å². The quantitative estimate of drug-likeness (QED) is 0.819. The van der Waals surface area contributed by atoms with Crippen LogP contribution in [-0.2, 0) is 14.8 Å². The highest BCUT2D eigenvalue weighted by atomic mass is 32.2. The summed E-state index contributed by atoms with van der Waals surface area (Å²) in [5, 5.41) is 15.9. The standard InChI is InChI=1S/C12H15N3O5S/c1-12(2,7-6-10(16)17)15-21(18,19)9-5-3-4-8-11(9)14-20-13-8/h3-5,15H,6-7H2,1-2H3,(H,16,17). The largest absolute Gasteiger partial charge is 0.481 e. The molecular formula is C12H15N3O5S. The summed E-state index contributed by atoms with van der Waals surface area (Å²) in [4.78, 5) is 10.6.